The Morgan fingerprint density at radius 3 is 2.04 bits per heavy atom. The molecule has 0 fully saturated rings. The molecule has 2 aromatic rings. The second-order valence-corrected chi connectivity index (χ2v) is 5.52. The van der Waals surface area contributed by atoms with Crippen molar-refractivity contribution >= 4 is 17.6 Å². The van der Waals surface area contributed by atoms with Crippen LogP contribution in [0.2, 0.25) is 0 Å². The van der Waals surface area contributed by atoms with Crippen LogP contribution < -0.4 is 19.5 Å². The molecule has 2 rings (SSSR count). The highest BCUT2D eigenvalue weighted by Crippen LogP contribution is 2.39. The van der Waals surface area contributed by atoms with Gasteiger partial charge in [-0.2, -0.15) is 0 Å². The lowest BCUT2D eigenvalue weighted by Gasteiger charge is -2.15. The molecule has 0 radical (unpaired) electrons. The van der Waals surface area contributed by atoms with Crippen LogP contribution in [-0.2, 0) is 4.79 Å². The maximum Gasteiger partial charge on any atom is 0.310 e. The fraction of sp³-hybridized carbons (Fsp3) is 0.263. The second kappa shape index (κ2) is 8.24. The second-order valence-electron chi connectivity index (χ2n) is 5.52. The monoisotopic (exact) mass is 359 g/mol. The molecule has 26 heavy (non-hydrogen) atoms. The minimum Gasteiger partial charge on any atom is -0.493 e. The van der Waals surface area contributed by atoms with Crippen LogP contribution in [0.15, 0.2) is 36.4 Å². The first-order chi connectivity index (χ1) is 12.4. The lowest BCUT2D eigenvalue weighted by molar-refractivity contribution is -0.138. The summed E-state index contributed by atoms with van der Waals surface area (Å²) in [6.45, 7) is 1.60. The number of carbonyl (C=O) groups excluding carboxylic acids is 1. The normalized spacial score (nSPS) is 11.4. The lowest BCUT2D eigenvalue weighted by Crippen LogP contribution is -2.14. The van der Waals surface area contributed by atoms with Gasteiger partial charge in [-0.25, -0.2) is 0 Å². The number of carboxylic acids is 1. The Hall–Kier alpha value is -3.22. The molecule has 1 atom stereocenters. The molecule has 138 valence electrons. The Bertz CT molecular complexity index is 800. The van der Waals surface area contributed by atoms with Gasteiger partial charge in [0.1, 0.15) is 0 Å². The summed E-state index contributed by atoms with van der Waals surface area (Å²) in [5.41, 5.74) is 1.47. The number of rotatable bonds is 7. The van der Waals surface area contributed by atoms with Gasteiger partial charge in [0, 0.05) is 5.69 Å². The minimum absolute atomic E-state index is 0.264. The summed E-state index contributed by atoms with van der Waals surface area (Å²) in [6.07, 6.45) is 0. The van der Waals surface area contributed by atoms with E-state index in [1.165, 1.54) is 21.3 Å². The molecular weight excluding hydrogens is 338 g/mol. The number of nitrogens with one attached hydrogen (secondary N) is 1. The van der Waals surface area contributed by atoms with Crippen LogP contribution in [0.25, 0.3) is 0 Å². The topological polar surface area (TPSA) is 94.1 Å². The number of ether oxygens (including phenoxy) is 3. The van der Waals surface area contributed by atoms with E-state index in [1.807, 2.05) is 0 Å². The molecule has 0 aliphatic carbocycles. The van der Waals surface area contributed by atoms with Crippen molar-refractivity contribution in [1.82, 2.24) is 0 Å². The number of aliphatic carboxylic acids is 1. The van der Waals surface area contributed by atoms with E-state index in [9.17, 15) is 9.59 Å². The fourth-order valence-corrected chi connectivity index (χ4v) is 2.48. The Morgan fingerprint density at radius 1 is 0.923 bits per heavy atom. The highest BCUT2D eigenvalue weighted by molar-refractivity contribution is 6.07. The van der Waals surface area contributed by atoms with Crippen LogP contribution in [0, 0.1) is 0 Å². The smallest absolute Gasteiger partial charge is 0.310 e. The van der Waals surface area contributed by atoms with E-state index in [1.54, 1.807) is 43.3 Å². The zero-order valence-corrected chi connectivity index (χ0v) is 15.0. The zero-order valence-electron chi connectivity index (χ0n) is 15.0. The van der Waals surface area contributed by atoms with Crippen LogP contribution in [0.4, 0.5) is 5.69 Å². The van der Waals surface area contributed by atoms with Crippen molar-refractivity contribution in [2.24, 2.45) is 0 Å². The van der Waals surface area contributed by atoms with E-state index in [0.29, 0.717) is 22.7 Å². The molecule has 0 spiro atoms. The van der Waals surface area contributed by atoms with E-state index in [-0.39, 0.29) is 17.2 Å². The van der Waals surface area contributed by atoms with Crippen LogP contribution in [0.5, 0.6) is 17.2 Å². The number of carbonyl (C=O) groups is 2. The van der Waals surface area contributed by atoms with Gasteiger partial charge >= 0.3 is 5.97 Å². The molecule has 0 saturated heterocycles. The quantitative estimate of drug-likeness (QED) is 0.789. The van der Waals surface area contributed by atoms with Gasteiger partial charge in [0.25, 0.3) is 5.91 Å². The molecule has 7 heteroatoms. The summed E-state index contributed by atoms with van der Waals surface area (Å²) in [7, 11) is 4.40. The van der Waals surface area contributed by atoms with Gasteiger partial charge in [-0.05, 0) is 36.8 Å². The van der Waals surface area contributed by atoms with E-state index >= 15 is 0 Å². The summed E-state index contributed by atoms with van der Waals surface area (Å²) >= 11 is 0. The van der Waals surface area contributed by atoms with Crippen molar-refractivity contribution in [2.45, 2.75) is 12.8 Å². The summed E-state index contributed by atoms with van der Waals surface area (Å²) < 4.78 is 15.8. The fourth-order valence-electron chi connectivity index (χ4n) is 2.48. The standard InChI is InChI=1S/C19H21NO6/c1-11(19(22)23)12-5-7-13(8-6-12)20-18(21)14-9-10-15(24-2)17(26-4)16(14)25-3/h5-11H,1-4H3,(H,20,21)(H,22,23). The minimum atomic E-state index is -0.906. The number of methoxy groups -OCH3 is 3. The largest absolute Gasteiger partial charge is 0.493 e. The molecule has 1 amide bonds. The van der Waals surface area contributed by atoms with E-state index in [0.717, 1.165) is 0 Å². The molecule has 0 heterocycles. The van der Waals surface area contributed by atoms with Gasteiger partial charge in [-0.3, -0.25) is 9.59 Å². The van der Waals surface area contributed by atoms with Crippen LogP contribution in [0.1, 0.15) is 28.8 Å². The molecule has 0 saturated carbocycles. The Kier molecular flexibility index (Phi) is 6.06. The van der Waals surface area contributed by atoms with Crippen molar-refractivity contribution in [1.29, 1.82) is 0 Å². The molecule has 2 N–H and O–H groups in total. The highest BCUT2D eigenvalue weighted by Gasteiger charge is 2.21. The van der Waals surface area contributed by atoms with E-state index < -0.39 is 11.9 Å². The summed E-state index contributed by atoms with van der Waals surface area (Å²) in [5.74, 6) is -0.869. The number of benzene rings is 2. The van der Waals surface area contributed by atoms with Gasteiger partial charge < -0.3 is 24.6 Å². The first-order valence-electron chi connectivity index (χ1n) is 7.86. The van der Waals surface area contributed by atoms with Crippen LogP contribution in [0.3, 0.4) is 0 Å². The van der Waals surface area contributed by atoms with E-state index in [4.69, 9.17) is 19.3 Å². The van der Waals surface area contributed by atoms with Crippen molar-refractivity contribution in [2.75, 3.05) is 26.6 Å². The molecule has 0 bridgehead atoms. The number of amides is 1. The molecule has 7 nitrogen and oxygen atoms in total. The average Bonchev–Trinajstić information content (AvgIpc) is 2.66. The van der Waals surface area contributed by atoms with Crippen LogP contribution >= 0.6 is 0 Å². The van der Waals surface area contributed by atoms with Crippen molar-refractivity contribution < 1.29 is 28.9 Å². The first-order valence-corrected chi connectivity index (χ1v) is 7.86. The summed E-state index contributed by atoms with van der Waals surface area (Å²) in [5, 5.41) is 11.8. The number of carboxylic acid groups (broad SMARTS) is 1. The zero-order chi connectivity index (χ0) is 19.3. The first kappa shape index (κ1) is 19.1. The summed E-state index contributed by atoms with van der Waals surface area (Å²) in [4.78, 5) is 23.6. The van der Waals surface area contributed by atoms with Crippen molar-refractivity contribution in [3.8, 4) is 17.2 Å². The van der Waals surface area contributed by atoms with Crippen LogP contribution in [-0.4, -0.2) is 38.3 Å². The molecule has 0 aliphatic heterocycles. The third-order valence-electron chi connectivity index (χ3n) is 3.99. The van der Waals surface area contributed by atoms with Crippen molar-refractivity contribution in [3.05, 3.63) is 47.5 Å². The molecular formula is C19H21NO6. The van der Waals surface area contributed by atoms with Gasteiger partial charge in [-0.1, -0.05) is 12.1 Å². The molecule has 0 aromatic heterocycles. The maximum absolute atomic E-state index is 12.6. The third kappa shape index (κ3) is 3.88. The van der Waals surface area contributed by atoms with Gasteiger partial charge in [-0.15, -0.1) is 0 Å². The van der Waals surface area contributed by atoms with Crippen molar-refractivity contribution in [3.63, 3.8) is 0 Å². The van der Waals surface area contributed by atoms with Gasteiger partial charge in [0.2, 0.25) is 5.75 Å². The predicted octanol–water partition coefficient (Wildman–Crippen LogP) is 3.15. The Labute approximate surface area is 151 Å². The molecule has 0 aliphatic rings. The molecule has 2 aromatic carbocycles. The van der Waals surface area contributed by atoms with Gasteiger partial charge in [0.15, 0.2) is 11.5 Å². The SMILES string of the molecule is COc1ccc(C(=O)Nc2ccc(C(C)C(=O)O)cc2)c(OC)c1OC. The van der Waals surface area contributed by atoms with Gasteiger partial charge in [0.05, 0.1) is 32.8 Å². The Balaban J connectivity index is 2.26. The molecule has 1 unspecified atom stereocenters. The number of hydrogen-bond donors (Lipinski definition) is 2. The average molecular weight is 359 g/mol. The maximum atomic E-state index is 12.6. The third-order valence-corrected chi connectivity index (χ3v) is 3.99. The number of anilines is 1. The Morgan fingerprint density at radius 2 is 1.54 bits per heavy atom. The number of hydrogen-bond acceptors (Lipinski definition) is 5. The lowest BCUT2D eigenvalue weighted by atomic mass is 10.0. The highest BCUT2D eigenvalue weighted by atomic mass is 16.5. The summed E-state index contributed by atoms with van der Waals surface area (Å²) in [6, 6.07) is 9.84. The predicted molar refractivity (Wildman–Crippen MR) is 96.5 cm³/mol. The van der Waals surface area contributed by atoms with E-state index in [2.05, 4.69) is 5.32 Å².